The molecule has 112 valence electrons. The number of hydrogen-bond donors (Lipinski definition) is 5. The average Bonchev–Trinajstić information content (AvgIpc) is 2.30. The molecule has 10 nitrogen and oxygen atoms in total. The zero-order chi connectivity index (χ0) is 15.4. The fraction of sp³-hybridized carbons (Fsp3) is 0.750. The lowest BCUT2D eigenvalue weighted by Gasteiger charge is -2.21. The first-order valence-corrected chi connectivity index (χ1v) is 6.33. The quantitative estimate of drug-likeness (QED) is 0.221. The molecule has 0 saturated heterocycles. The van der Waals surface area contributed by atoms with Gasteiger partial charge in [0, 0.05) is 0 Å². The van der Waals surface area contributed by atoms with Gasteiger partial charge in [-0.05, 0) is 6.92 Å². The van der Waals surface area contributed by atoms with Gasteiger partial charge < -0.3 is 21.1 Å². The molecule has 0 aliphatic carbocycles. The molecule has 0 saturated carbocycles. The summed E-state index contributed by atoms with van der Waals surface area (Å²) in [6.45, 7) is -0.0574. The van der Waals surface area contributed by atoms with Crippen LogP contribution in [0.1, 0.15) is 6.92 Å². The van der Waals surface area contributed by atoms with Crippen molar-refractivity contribution >= 4 is 22.0 Å². The van der Waals surface area contributed by atoms with Crippen LogP contribution >= 0.6 is 0 Å². The summed E-state index contributed by atoms with van der Waals surface area (Å²) in [5.74, 6) is -2.55. The number of hydrogen-bond acceptors (Lipinski definition) is 9. The van der Waals surface area contributed by atoms with Crippen LogP contribution in [0.2, 0.25) is 0 Å². The van der Waals surface area contributed by atoms with E-state index in [-0.39, 0.29) is 0 Å². The van der Waals surface area contributed by atoms with Crippen molar-refractivity contribution in [2.24, 2.45) is 5.73 Å². The Morgan fingerprint density at radius 3 is 2.05 bits per heavy atom. The molecule has 0 radical (unpaired) electrons. The summed E-state index contributed by atoms with van der Waals surface area (Å²) in [5, 5.41) is 26.8. The minimum absolute atomic E-state index is 1.02. The molecule has 0 aromatic rings. The number of carbonyl (C=O) groups excluding carboxylic acids is 2. The molecule has 19 heavy (non-hydrogen) atoms. The zero-order valence-corrected chi connectivity index (χ0v) is 10.6. The van der Waals surface area contributed by atoms with Gasteiger partial charge >= 0.3 is 10.4 Å². The first-order chi connectivity index (χ1) is 8.51. The van der Waals surface area contributed by atoms with Crippen molar-refractivity contribution in [1.29, 1.82) is 0 Å². The zero-order valence-electron chi connectivity index (χ0n) is 9.83. The molecule has 1 unspecified atom stereocenters. The molecule has 11 heteroatoms. The van der Waals surface area contributed by atoms with Crippen molar-refractivity contribution in [3.05, 3.63) is 0 Å². The van der Waals surface area contributed by atoms with E-state index in [0.717, 1.165) is 6.92 Å². The number of aliphatic hydroxyl groups excluding tert-OH is 3. The minimum atomic E-state index is -5.12. The van der Waals surface area contributed by atoms with Crippen molar-refractivity contribution in [3.8, 4) is 0 Å². The predicted octanol–water partition coefficient (Wildman–Crippen LogP) is -3.63. The first kappa shape index (κ1) is 18.0. The van der Waals surface area contributed by atoms with Crippen molar-refractivity contribution < 1.29 is 42.1 Å². The van der Waals surface area contributed by atoms with Gasteiger partial charge in [0.15, 0.2) is 17.7 Å². The Kier molecular flexibility index (Phi) is 6.65. The van der Waals surface area contributed by atoms with E-state index >= 15 is 0 Å². The lowest BCUT2D eigenvalue weighted by atomic mass is 9.98. The largest absolute Gasteiger partial charge is 0.398 e. The van der Waals surface area contributed by atoms with Crippen LogP contribution in [0.15, 0.2) is 0 Å². The molecule has 0 fully saturated rings. The molecule has 0 aliphatic heterocycles. The summed E-state index contributed by atoms with van der Waals surface area (Å²) in [6, 6.07) is -1.98. The fourth-order valence-corrected chi connectivity index (χ4v) is 1.59. The Labute approximate surface area is 108 Å². The molecule has 0 aromatic heterocycles. The summed E-state index contributed by atoms with van der Waals surface area (Å²) in [5.41, 5.74) is 5.17. The van der Waals surface area contributed by atoms with Crippen LogP contribution in [0, 0.1) is 0 Å². The molecular weight excluding hydrogens is 286 g/mol. The van der Waals surface area contributed by atoms with E-state index in [1.807, 2.05) is 0 Å². The number of ketones is 2. The number of aliphatic hydroxyl groups is 3. The van der Waals surface area contributed by atoms with Gasteiger partial charge in [-0.1, -0.05) is 0 Å². The van der Waals surface area contributed by atoms with E-state index < -0.39 is 52.9 Å². The second-order valence-corrected chi connectivity index (χ2v) is 4.70. The van der Waals surface area contributed by atoms with Crippen molar-refractivity contribution in [3.63, 3.8) is 0 Å². The highest BCUT2D eigenvalue weighted by molar-refractivity contribution is 7.80. The molecule has 0 heterocycles. The maximum Gasteiger partial charge on any atom is 0.398 e. The molecule has 0 aromatic carbocycles. The SMILES string of the molecule is CC(O)C(=O)[C@H](N)C(=O)[C@@H](OS(=O)(=O)O)[C@H](O)CO. The van der Waals surface area contributed by atoms with Gasteiger partial charge in [0.05, 0.1) is 6.61 Å². The standard InChI is InChI=1S/C8H15NO9S/c1-3(11)6(13)5(9)7(14)8(4(12)2-10)18-19(15,16)17/h3-5,8,10-12H,2,9H2,1H3,(H,15,16,17)/t3?,4-,5+,8+/m1/s1. The molecule has 4 atom stereocenters. The number of carbonyl (C=O) groups is 2. The molecule has 0 amide bonds. The maximum atomic E-state index is 11.6. The number of nitrogens with two attached hydrogens (primary N) is 1. The molecule has 0 spiro atoms. The van der Waals surface area contributed by atoms with Gasteiger partial charge in [-0.3, -0.25) is 14.1 Å². The summed E-state index contributed by atoms with van der Waals surface area (Å²) in [4.78, 5) is 22.9. The van der Waals surface area contributed by atoms with Crippen molar-refractivity contribution in [2.45, 2.75) is 31.3 Å². The third-order valence-corrected chi connectivity index (χ3v) is 2.52. The minimum Gasteiger partial charge on any atom is -0.394 e. The van der Waals surface area contributed by atoms with Crippen LogP contribution in [0.5, 0.6) is 0 Å². The summed E-state index contributed by atoms with van der Waals surface area (Å²) in [7, 11) is -5.12. The second-order valence-electron chi connectivity index (χ2n) is 3.65. The number of rotatable bonds is 8. The van der Waals surface area contributed by atoms with Crippen LogP contribution < -0.4 is 5.73 Å². The van der Waals surface area contributed by atoms with E-state index in [1.54, 1.807) is 0 Å². The Balaban J connectivity index is 5.17. The van der Waals surface area contributed by atoms with Gasteiger partial charge in [-0.2, -0.15) is 8.42 Å². The maximum absolute atomic E-state index is 11.6. The Hall–Kier alpha value is -0.950. The van der Waals surface area contributed by atoms with Gasteiger partial charge in [0.2, 0.25) is 0 Å². The van der Waals surface area contributed by atoms with Crippen LogP contribution in [0.3, 0.4) is 0 Å². The van der Waals surface area contributed by atoms with E-state index in [4.69, 9.17) is 20.5 Å². The highest BCUT2D eigenvalue weighted by atomic mass is 32.3. The number of Topliss-reactive ketones (excluding diaryl/α,β-unsaturated/α-hetero) is 2. The van der Waals surface area contributed by atoms with E-state index in [9.17, 15) is 23.1 Å². The topological polar surface area (TPSA) is 184 Å². The Bertz CT molecular complexity index is 432. The Morgan fingerprint density at radius 1 is 1.26 bits per heavy atom. The van der Waals surface area contributed by atoms with E-state index in [1.165, 1.54) is 0 Å². The van der Waals surface area contributed by atoms with Gasteiger partial charge in [-0.25, -0.2) is 4.18 Å². The van der Waals surface area contributed by atoms with E-state index in [2.05, 4.69) is 4.18 Å². The highest BCUT2D eigenvalue weighted by Gasteiger charge is 2.38. The highest BCUT2D eigenvalue weighted by Crippen LogP contribution is 2.08. The van der Waals surface area contributed by atoms with Crippen molar-refractivity contribution in [1.82, 2.24) is 0 Å². The van der Waals surface area contributed by atoms with Crippen LogP contribution in [-0.2, 0) is 24.2 Å². The van der Waals surface area contributed by atoms with Crippen LogP contribution in [0.4, 0.5) is 0 Å². The third-order valence-electron chi connectivity index (χ3n) is 2.07. The monoisotopic (exact) mass is 301 g/mol. The van der Waals surface area contributed by atoms with Gasteiger partial charge in [-0.15, -0.1) is 0 Å². The van der Waals surface area contributed by atoms with Crippen molar-refractivity contribution in [2.75, 3.05) is 6.61 Å². The molecular formula is C8H15NO9S. The fourth-order valence-electron chi connectivity index (χ4n) is 1.10. The summed E-state index contributed by atoms with van der Waals surface area (Å²) in [6.07, 6.45) is -5.89. The van der Waals surface area contributed by atoms with Gasteiger partial charge in [0.1, 0.15) is 18.2 Å². The smallest absolute Gasteiger partial charge is 0.394 e. The summed E-state index contributed by atoms with van der Waals surface area (Å²) < 4.78 is 33.3. The molecule has 0 bridgehead atoms. The lowest BCUT2D eigenvalue weighted by Crippen LogP contribution is -2.53. The summed E-state index contributed by atoms with van der Waals surface area (Å²) >= 11 is 0. The predicted molar refractivity (Wildman–Crippen MR) is 59.2 cm³/mol. The first-order valence-electron chi connectivity index (χ1n) is 4.97. The molecule has 0 rings (SSSR count). The lowest BCUT2D eigenvalue weighted by molar-refractivity contribution is -0.140. The Morgan fingerprint density at radius 2 is 1.74 bits per heavy atom. The molecule has 6 N–H and O–H groups in total. The van der Waals surface area contributed by atoms with Gasteiger partial charge in [0.25, 0.3) is 0 Å². The van der Waals surface area contributed by atoms with Crippen LogP contribution in [0.25, 0.3) is 0 Å². The normalized spacial score (nSPS) is 18.4. The second kappa shape index (κ2) is 7.00. The van der Waals surface area contributed by atoms with Crippen LogP contribution in [-0.4, -0.2) is 70.8 Å². The van der Waals surface area contributed by atoms with E-state index in [0.29, 0.717) is 0 Å². The molecule has 0 aliphatic rings. The third kappa shape index (κ3) is 5.69. The average molecular weight is 301 g/mol.